The summed E-state index contributed by atoms with van der Waals surface area (Å²) in [7, 11) is 0. The van der Waals surface area contributed by atoms with Crippen molar-refractivity contribution in [2.75, 3.05) is 0 Å². The number of rotatable bonds is 5. The van der Waals surface area contributed by atoms with Crippen LogP contribution in [0, 0.1) is 0 Å². The van der Waals surface area contributed by atoms with Crippen molar-refractivity contribution >= 4 is 10.8 Å². The standard InChI is InChI=1S/C61H38N4/c1-2-16-45-39(14-1)15-13-22-46(45)40-27-31-42(32-28-40)58-63-59(43-33-29-41(30-34-43)57-26-11-12-37-62-57)65-60(64-58)44-35-36-52-48-18-4-3-17-47(48)49-19-5-8-23-53(49)61(56(52)38-44)54-24-9-6-20-50(54)51-21-7-10-25-55(51)61/h1-38H. The Morgan fingerprint density at radius 3 is 1.31 bits per heavy atom. The van der Waals surface area contributed by atoms with Crippen LogP contribution in [-0.4, -0.2) is 19.9 Å². The molecule has 2 aromatic heterocycles. The maximum Gasteiger partial charge on any atom is 0.164 e. The van der Waals surface area contributed by atoms with Crippen LogP contribution in [0.25, 0.3) is 101 Å². The molecule has 0 N–H and O–H groups in total. The Labute approximate surface area is 377 Å². The number of nitrogens with zero attached hydrogens (tertiary/aromatic N) is 4. The van der Waals surface area contributed by atoms with E-state index >= 15 is 0 Å². The van der Waals surface area contributed by atoms with Gasteiger partial charge < -0.3 is 0 Å². The lowest BCUT2D eigenvalue weighted by Crippen LogP contribution is -2.29. The van der Waals surface area contributed by atoms with Crippen molar-refractivity contribution in [1.29, 1.82) is 0 Å². The maximum atomic E-state index is 5.35. The topological polar surface area (TPSA) is 51.6 Å². The van der Waals surface area contributed by atoms with Gasteiger partial charge in [0.2, 0.25) is 0 Å². The lowest BCUT2D eigenvalue weighted by atomic mass is 9.65. The average molecular weight is 827 g/mol. The molecule has 2 aliphatic carbocycles. The van der Waals surface area contributed by atoms with E-state index in [9.17, 15) is 0 Å². The van der Waals surface area contributed by atoms with Gasteiger partial charge in [0.1, 0.15) is 0 Å². The molecule has 4 heteroatoms. The Bertz CT molecular complexity index is 3600. The van der Waals surface area contributed by atoms with Crippen molar-refractivity contribution in [3.05, 3.63) is 253 Å². The molecule has 0 fully saturated rings. The Kier molecular flexibility index (Phi) is 8.40. The highest BCUT2D eigenvalue weighted by atomic mass is 15.0. The van der Waals surface area contributed by atoms with E-state index in [1.54, 1.807) is 0 Å². The van der Waals surface area contributed by atoms with Crippen molar-refractivity contribution in [1.82, 2.24) is 19.9 Å². The molecule has 0 bridgehead atoms. The van der Waals surface area contributed by atoms with Crippen molar-refractivity contribution in [2.45, 2.75) is 5.41 Å². The highest BCUT2D eigenvalue weighted by Gasteiger charge is 2.49. The minimum atomic E-state index is -0.619. The third-order valence-corrected chi connectivity index (χ3v) is 13.5. The Hall–Kier alpha value is -8.60. The first-order valence-electron chi connectivity index (χ1n) is 22.1. The fraction of sp³-hybridized carbons (Fsp3) is 0.0164. The van der Waals surface area contributed by atoms with Gasteiger partial charge in [-0.25, -0.2) is 15.0 Å². The minimum absolute atomic E-state index is 0.604. The molecule has 4 nitrogen and oxygen atoms in total. The smallest absolute Gasteiger partial charge is 0.164 e. The quantitative estimate of drug-likeness (QED) is 0.173. The molecule has 11 aromatic rings. The molecule has 0 saturated carbocycles. The molecular weight excluding hydrogens is 789 g/mol. The summed E-state index contributed by atoms with van der Waals surface area (Å²) in [6.45, 7) is 0. The van der Waals surface area contributed by atoms with Gasteiger partial charge in [0.15, 0.2) is 17.5 Å². The number of benzene rings is 9. The van der Waals surface area contributed by atoms with E-state index in [0.29, 0.717) is 17.5 Å². The molecule has 302 valence electrons. The molecule has 13 rings (SSSR count). The molecule has 9 aromatic carbocycles. The first kappa shape index (κ1) is 37.0. The lowest BCUT2D eigenvalue weighted by molar-refractivity contribution is 0.775. The molecule has 0 amide bonds. The van der Waals surface area contributed by atoms with Crippen molar-refractivity contribution in [3.8, 4) is 89.9 Å². The van der Waals surface area contributed by atoms with E-state index in [4.69, 9.17) is 15.0 Å². The maximum absolute atomic E-state index is 5.35. The SMILES string of the molecule is c1ccc(-c2ccc(-c3nc(-c4ccc(-c5cccc6ccccc56)cc4)nc(-c4ccc5c(c4)C4(c6ccccc6-c6ccccc6-5)c5ccccc5-c5ccccc54)n3)cc2)nc1. The molecular formula is C61H38N4. The van der Waals surface area contributed by atoms with Gasteiger partial charge in [0, 0.05) is 28.5 Å². The number of hydrogen-bond donors (Lipinski definition) is 0. The largest absolute Gasteiger partial charge is 0.256 e. The average Bonchev–Trinajstić information content (AvgIpc) is 3.63. The zero-order valence-electron chi connectivity index (χ0n) is 35.2. The van der Waals surface area contributed by atoms with Crippen LogP contribution < -0.4 is 0 Å². The summed E-state index contributed by atoms with van der Waals surface area (Å²) in [6, 6.07) is 80.6. The van der Waals surface area contributed by atoms with Gasteiger partial charge in [-0.2, -0.15) is 0 Å². The van der Waals surface area contributed by atoms with Gasteiger partial charge in [0.25, 0.3) is 0 Å². The molecule has 2 aliphatic rings. The molecule has 2 heterocycles. The number of pyridine rings is 1. The van der Waals surface area contributed by atoms with E-state index in [1.165, 1.54) is 72.0 Å². The van der Waals surface area contributed by atoms with Crippen LogP contribution in [0.5, 0.6) is 0 Å². The second-order valence-electron chi connectivity index (χ2n) is 16.9. The summed E-state index contributed by atoms with van der Waals surface area (Å²) in [5.74, 6) is 1.83. The predicted molar refractivity (Wildman–Crippen MR) is 264 cm³/mol. The van der Waals surface area contributed by atoms with Crippen molar-refractivity contribution in [2.24, 2.45) is 0 Å². The lowest BCUT2D eigenvalue weighted by Gasteiger charge is -2.35. The van der Waals surface area contributed by atoms with E-state index in [0.717, 1.165) is 33.5 Å². The normalized spacial score (nSPS) is 12.7. The van der Waals surface area contributed by atoms with Crippen LogP contribution in [0.15, 0.2) is 231 Å². The predicted octanol–water partition coefficient (Wildman–Crippen LogP) is 14.8. The van der Waals surface area contributed by atoms with E-state index in [1.807, 2.05) is 24.4 Å². The summed E-state index contributed by atoms with van der Waals surface area (Å²) < 4.78 is 0. The first-order chi connectivity index (χ1) is 32.2. The van der Waals surface area contributed by atoms with Crippen molar-refractivity contribution < 1.29 is 0 Å². The van der Waals surface area contributed by atoms with E-state index in [2.05, 4.69) is 211 Å². The fourth-order valence-electron chi connectivity index (χ4n) is 10.5. The van der Waals surface area contributed by atoms with Crippen LogP contribution >= 0.6 is 0 Å². The molecule has 0 radical (unpaired) electrons. The Balaban J connectivity index is 1.04. The van der Waals surface area contributed by atoms with Gasteiger partial charge in [0.05, 0.1) is 11.1 Å². The first-order valence-corrected chi connectivity index (χ1v) is 22.1. The fourth-order valence-corrected chi connectivity index (χ4v) is 10.5. The van der Waals surface area contributed by atoms with Gasteiger partial charge in [-0.15, -0.1) is 0 Å². The summed E-state index contributed by atoms with van der Waals surface area (Å²) in [5, 5.41) is 2.44. The number of hydrogen-bond acceptors (Lipinski definition) is 4. The zero-order valence-corrected chi connectivity index (χ0v) is 35.2. The molecule has 0 unspecified atom stereocenters. The zero-order chi connectivity index (χ0) is 42.9. The van der Waals surface area contributed by atoms with Gasteiger partial charge in [-0.05, 0) is 95.7 Å². The highest BCUT2D eigenvalue weighted by Crippen LogP contribution is 2.61. The van der Waals surface area contributed by atoms with Crippen LogP contribution in [0.2, 0.25) is 0 Å². The molecule has 1 spiro atoms. The highest BCUT2D eigenvalue weighted by molar-refractivity contribution is 5.99. The summed E-state index contributed by atoms with van der Waals surface area (Å²) >= 11 is 0. The van der Waals surface area contributed by atoms with Gasteiger partial charge in [-0.3, -0.25) is 4.98 Å². The van der Waals surface area contributed by atoms with Crippen LogP contribution in [0.4, 0.5) is 0 Å². The summed E-state index contributed by atoms with van der Waals surface area (Å²) in [4.78, 5) is 20.5. The third kappa shape index (κ3) is 5.77. The molecule has 0 aliphatic heterocycles. The molecule has 65 heavy (non-hydrogen) atoms. The van der Waals surface area contributed by atoms with Crippen molar-refractivity contribution in [3.63, 3.8) is 0 Å². The monoisotopic (exact) mass is 826 g/mol. The van der Waals surface area contributed by atoms with Gasteiger partial charge >= 0.3 is 0 Å². The van der Waals surface area contributed by atoms with Crippen LogP contribution in [0.3, 0.4) is 0 Å². The number of aromatic nitrogens is 4. The number of fused-ring (bicyclic) bond motifs is 13. The van der Waals surface area contributed by atoms with Crippen LogP contribution in [-0.2, 0) is 5.41 Å². The summed E-state index contributed by atoms with van der Waals surface area (Å²) in [6.07, 6.45) is 1.82. The Morgan fingerprint density at radius 2 is 0.708 bits per heavy atom. The van der Waals surface area contributed by atoms with Gasteiger partial charge in [-0.1, -0.05) is 206 Å². The third-order valence-electron chi connectivity index (χ3n) is 13.5. The second-order valence-corrected chi connectivity index (χ2v) is 16.9. The second kappa shape index (κ2) is 14.8. The van der Waals surface area contributed by atoms with Crippen LogP contribution in [0.1, 0.15) is 22.3 Å². The molecule has 0 saturated heterocycles. The van der Waals surface area contributed by atoms with E-state index in [-0.39, 0.29) is 0 Å². The molecule has 0 atom stereocenters. The Morgan fingerprint density at radius 1 is 0.277 bits per heavy atom. The summed E-state index contributed by atoms with van der Waals surface area (Å²) in [5.41, 5.74) is 18.8. The van der Waals surface area contributed by atoms with E-state index < -0.39 is 5.41 Å². The minimum Gasteiger partial charge on any atom is -0.256 e.